The molecule has 38 valence electrons. The summed E-state index contributed by atoms with van der Waals surface area (Å²) < 4.78 is 25.9. The molecule has 0 heterocycles. The fourth-order valence-corrected chi connectivity index (χ4v) is 0. The normalized spacial score (nSPS) is 9.67. The van der Waals surface area contributed by atoms with Crippen molar-refractivity contribution in [2.75, 3.05) is 6.26 Å². The fourth-order valence-electron chi connectivity index (χ4n) is 0. The molecule has 0 saturated carbocycles. The van der Waals surface area contributed by atoms with Gasteiger partial charge in [-0.2, -0.15) is 8.42 Å². The highest BCUT2D eigenvalue weighted by molar-refractivity contribution is 7.85. The van der Waals surface area contributed by atoms with Gasteiger partial charge in [-0.1, -0.05) is 0 Å². The molecule has 0 amide bonds. The Kier molecular flexibility index (Phi) is 4.17. The van der Waals surface area contributed by atoms with Gasteiger partial charge in [0.05, 0.1) is 6.26 Å². The minimum Gasteiger partial charge on any atom is -0.286 e. The lowest BCUT2D eigenvalue weighted by molar-refractivity contribution is 0.490. The van der Waals surface area contributed by atoms with E-state index in [1.165, 1.54) is 0 Å². The molecule has 0 atom stereocenters. The average Bonchev–Trinajstić information content (AvgIpc) is 0.722. The van der Waals surface area contributed by atoms with Crippen LogP contribution in [0.25, 0.3) is 0 Å². The van der Waals surface area contributed by atoms with Gasteiger partial charge in [-0.05, 0) is 0 Å². The number of hydrogen-bond donors (Lipinski definition) is 1. The largest absolute Gasteiger partial charge is 0.286 e. The molecule has 0 aliphatic rings. The molecule has 0 aromatic rings. The van der Waals surface area contributed by atoms with E-state index in [9.17, 15) is 8.42 Å². The van der Waals surface area contributed by atoms with Crippen LogP contribution in [0.1, 0.15) is 0 Å². The van der Waals surface area contributed by atoms with E-state index in [2.05, 4.69) is 0 Å². The first-order chi connectivity index (χ1) is 2.00. The van der Waals surface area contributed by atoms with Gasteiger partial charge in [-0.15, -0.1) is 0 Å². The molecule has 0 radical (unpaired) electrons. The predicted molar refractivity (Wildman–Crippen MR) is 27.4 cm³/mol. The Balaban J connectivity index is 0. The van der Waals surface area contributed by atoms with Crippen LogP contribution in [0.2, 0.25) is 0 Å². The highest BCUT2D eigenvalue weighted by Crippen LogP contribution is 1.60. The summed E-state index contributed by atoms with van der Waals surface area (Å²) in [6.07, 6.45) is 0.715. The van der Waals surface area contributed by atoms with E-state index >= 15 is 0 Å². The molecule has 0 aromatic heterocycles. The molecule has 0 aromatic carbocycles. The molecule has 0 aliphatic carbocycles. The SMILES string of the molecule is CS(=O)(=O)O.[AlH3]. The zero-order valence-electron chi connectivity index (χ0n) is 2.67. The third-order valence-electron chi connectivity index (χ3n) is 0. The lowest BCUT2D eigenvalue weighted by Gasteiger charge is -1.69. The van der Waals surface area contributed by atoms with E-state index in [0.717, 1.165) is 0 Å². The van der Waals surface area contributed by atoms with Gasteiger partial charge >= 0.3 is 0 Å². The van der Waals surface area contributed by atoms with Gasteiger partial charge in [-0.25, -0.2) is 0 Å². The van der Waals surface area contributed by atoms with Gasteiger partial charge < -0.3 is 0 Å². The van der Waals surface area contributed by atoms with E-state index in [1.54, 1.807) is 0 Å². The molecule has 0 aliphatic heterocycles. The van der Waals surface area contributed by atoms with Gasteiger partial charge in [-0.3, -0.25) is 4.55 Å². The first-order valence-electron chi connectivity index (χ1n) is 0.924. The Bertz CT molecular complexity index is 94.0. The van der Waals surface area contributed by atoms with E-state index in [0.29, 0.717) is 6.26 Å². The second-order valence-electron chi connectivity index (χ2n) is 0.733. The second kappa shape index (κ2) is 2.59. The van der Waals surface area contributed by atoms with Crippen molar-refractivity contribution in [1.29, 1.82) is 0 Å². The van der Waals surface area contributed by atoms with Gasteiger partial charge in [0.15, 0.2) is 17.4 Å². The summed E-state index contributed by atoms with van der Waals surface area (Å²) in [5.74, 6) is 0. The minimum atomic E-state index is -3.67. The number of hydrogen-bond acceptors (Lipinski definition) is 2. The van der Waals surface area contributed by atoms with Crippen molar-refractivity contribution in [3.8, 4) is 0 Å². The van der Waals surface area contributed by atoms with Crippen LogP contribution in [0.4, 0.5) is 0 Å². The first-order valence-corrected chi connectivity index (χ1v) is 2.77. The maximum absolute atomic E-state index is 9.19. The van der Waals surface area contributed by atoms with Crippen LogP contribution in [-0.2, 0) is 10.1 Å². The molecule has 0 bridgehead atoms. The summed E-state index contributed by atoms with van der Waals surface area (Å²) in [5, 5.41) is 0. The topological polar surface area (TPSA) is 54.4 Å². The van der Waals surface area contributed by atoms with Crippen molar-refractivity contribution >= 4 is 27.5 Å². The molecule has 5 heteroatoms. The zero-order valence-corrected chi connectivity index (χ0v) is 3.49. The molecule has 0 unspecified atom stereocenters. The Morgan fingerprint density at radius 3 is 1.50 bits per heavy atom. The molecule has 1 N–H and O–H groups in total. The van der Waals surface area contributed by atoms with Crippen LogP contribution in [0.3, 0.4) is 0 Å². The summed E-state index contributed by atoms with van der Waals surface area (Å²) in [5.41, 5.74) is 0. The van der Waals surface area contributed by atoms with Crippen molar-refractivity contribution in [2.45, 2.75) is 0 Å². The van der Waals surface area contributed by atoms with Crippen molar-refractivity contribution in [3.63, 3.8) is 0 Å². The number of rotatable bonds is 0. The third-order valence-corrected chi connectivity index (χ3v) is 0. The highest BCUT2D eigenvalue weighted by Gasteiger charge is 1.81. The maximum Gasteiger partial charge on any atom is 0.261 e. The lowest BCUT2D eigenvalue weighted by atomic mass is 12.0. The van der Waals surface area contributed by atoms with Gasteiger partial charge in [0.2, 0.25) is 0 Å². The standard InChI is InChI=1S/CH4O3S.Al.3H/c1-5(2,3)4;;;;/h1H3,(H,2,3,4);;;;. The third kappa shape index (κ3) is 269. The summed E-state index contributed by atoms with van der Waals surface area (Å²) >= 11 is 0. The van der Waals surface area contributed by atoms with Gasteiger partial charge in [0.25, 0.3) is 10.1 Å². The Morgan fingerprint density at radius 1 is 1.50 bits per heavy atom. The highest BCUT2D eigenvalue weighted by atomic mass is 32.2. The van der Waals surface area contributed by atoms with E-state index in [-0.39, 0.29) is 17.4 Å². The summed E-state index contributed by atoms with van der Waals surface area (Å²) in [4.78, 5) is 0. The predicted octanol–water partition coefficient (Wildman–Crippen LogP) is -1.68. The fraction of sp³-hybridized carbons (Fsp3) is 1.00. The molecule has 0 fully saturated rings. The van der Waals surface area contributed by atoms with E-state index in [4.69, 9.17) is 4.55 Å². The Labute approximate surface area is 47.2 Å². The maximum atomic E-state index is 9.19. The van der Waals surface area contributed by atoms with Crippen LogP contribution < -0.4 is 0 Å². The summed E-state index contributed by atoms with van der Waals surface area (Å²) in [6, 6.07) is 0. The summed E-state index contributed by atoms with van der Waals surface area (Å²) in [7, 11) is -3.67. The smallest absolute Gasteiger partial charge is 0.261 e. The quantitative estimate of drug-likeness (QED) is 0.311. The van der Waals surface area contributed by atoms with Crippen molar-refractivity contribution in [1.82, 2.24) is 0 Å². The molecule has 0 spiro atoms. The molecule has 0 rings (SSSR count). The van der Waals surface area contributed by atoms with Crippen LogP contribution in [0, 0.1) is 0 Å². The minimum absolute atomic E-state index is 0. The monoisotopic (exact) mass is 126 g/mol. The van der Waals surface area contributed by atoms with Gasteiger partial charge in [0, 0.05) is 0 Å². The molecule has 0 saturated heterocycles. The second-order valence-corrected chi connectivity index (χ2v) is 2.20. The van der Waals surface area contributed by atoms with Crippen molar-refractivity contribution < 1.29 is 13.0 Å². The Hall–Kier alpha value is 0.442. The lowest BCUT2D eigenvalue weighted by Crippen LogP contribution is -1.88. The molecule has 3 nitrogen and oxygen atoms in total. The van der Waals surface area contributed by atoms with Crippen LogP contribution in [0.15, 0.2) is 0 Å². The van der Waals surface area contributed by atoms with Crippen LogP contribution >= 0.6 is 0 Å². The van der Waals surface area contributed by atoms with E-state index in [1.807, 2.05) is 0 Å². The first kappa shape index (κ1) is 9.67. The molecular formula is CH7AlO3S. The zero-order chi connectivity index (χ0) is 4.50. The van der Waals surface area contributed by atoms with Crippen molar-refractivity contribution in [3.05, 3.63) is 0 Å². The van der Waals surface area contributed by atoms with Crippen LogP contribution in [0.5, 0.6) is 0 Å². The Morgan fingerprint density at radius 2 is 1.50 bits per heavy atom. The molecular weight excluding hydrogens is 119 g/mol. The van der Waals surface area contributed by atoms with Crippen molar-refractivity contribution in [2.24, 2.45) is 0 Å². The average molecular weight is 126 g/mol. The van der Waals surface area contributed by atoms with E-state index < -0.39 is 10.1 Å². The van der Waals surface area contributed by atoms with Crippen LogP contribution in [-0.4, -0.2) is 36.6 Å². The van der Waals surface area contributed by atoms with Gasteiger partial charge in [0.1, 0.15) is 0 Å². The summed E-state index contributed by atoms with van der Waals surface area (Å²) in [6.45, 7) is 0. The molecule has 6 heavy (non-hydrogen) atoms.